The van der Waals surface area contributed by atoms with Gasteiger partial charge in [-0.1, -0.05) is 31.6 Å². The summed E-state index contributed by atoms with van der Waals surface area (Å²) in [4.78, 5) is 10.6. The van der Waals surface area contributed by atoms with E-state index in [-0.39, 0.29) is 5.56 Å². The topological polar surface area (TPSA) is 50.7 Å². The van der Waals surface area contributed by atoms with E-state index < -0.39 is 21.2 Å². The van der Waals surface area contributed by atoms with Crippen molar-refractivity contribution in [3.05, 3.63) is 54.1 Å². The number of rotatable bonds is 4. The average molecular weight is 390 g/mol. The van der Waals surface area contributed by atoms with Gasteiger partial charge in [0.15, 0.2) is 0 Å². The van der Waals surface area contributed by atoms with Crippen LogP contribution >= 0.6 is 10.2 Å². The lowest BCUT2D eigenvalue weighted by Gasteiger charge is -2.40. The third kappa shape index (κ3) is 3.85. The van der Waals surface area contributed by atoms with Crippen molar-refractivity contribution < 1.29 is 19.4 Å². The molecule has 0 radical (unpaired) electrons. The molecule has 3 aromatic rings. The summed E-state index contributed by atoms with van der Waals surface area (Å²) >= 11 is 0. The molecule has 10 heteroatoms. The molecule has 3 rings (SSSR count). The van der Waals surface area contributed by atoms with Crippen molar-refractivity contribution in [2.24, 2.45) is 0 Å². The van der Waals surface area contributed by atoms with E-state index in [2.05, 4.69) is 20.3 Å². The van der Waals surface area contributed by atoms with E-state index in [9.17, 15) is 19.4 Å². The van der Waals surface area contributed by atoms with Crippen molar-refractivity contribution in [3.63, 3.8) is 0 Å². The monoisotopic (exact) mass is 390 g/mol. The van der Waals surface area contributed by atoms with Crippen LogP contribution in [0.3, 0.4) is 0 Å². The summed E-state index contributed by atoms with van der Waals surface area (Å²) in [6.45, 7) is 3.23. The van der Waals surface area contributed by atoms with Gasteiger partial charge in [-0.05, 0) is 37.6 Å². The molecule has 0 saturated heterocycles. The molecule has 0 bridgehead atoms. The first-order valence-corrected chi connectivity index (χ1v) is 9.47. The lowest BCUT2D eigenvalue weighted by molar-refractivity contribution is 0.364. The molecule has 2 aromatic heterocycles. The molecular weight excluding hydrogens is 375 g/mol. The molecular formula is C16H15F5N4S. The second-order valence-electron chi connectivity index (χ2n) is 5.92. The zero-order chi connectivity index (χ0) is 19.2. The predicted octanol–water partition coefficient (Wildman–Crippen LogP) is 6.16. The number of benzene rings is 1. The summed E-state index contributed by atoms with van der Waals surface area (Å²) < 4.78 is 65.1. The van der Waals surface area contributed by atoms with Crippen LogP contribution in [-0.2, 0) is 0 Å². The smallest absolute Gasteiger partial charge is 0.310 e. The molecule has 1 N–H and O–H groups in total. The van der Waals surface area contributed by atoms with Gasteiger partial charge >= 0.3 is 10.2 Å². The summed E-state index contributed by atoms with van der Waals surface area (Å²) in [5.41, 5.74) is 0.673. The number of fused-ring (bicyclic) bond motifs is 1. The summed E-state index contributed by atoms with van der Waals surface area (Å²) in [6.07, 6.45) is 3.08. The third-order valence-electron chi connectivity index (χ3n) is 3.77. The van der Waals surface area contributed by atoms with Gasteiger partial charge in [-0.2, -0.15) is 0 Å². The van der Waals surface area contributed by atoms with Crippen molar-refractivity contribution in [1.29, 1.82) is 0 Å². The number of nitrogens with one attached hydrogen (secondary N) is 1. The van der Waals surface area contributed by atoms with Gasteiger partial charge in [-0.3, -0.25) is 4.98 Å². The van der Waals surface area contributed by atoms with E-state index >= 15 is 0 Å². The zero-order valence-corrected chi connectivity index (χ0v) is 14.6. The van der Waals surface area contributed by atoms with Gasteiger partial charge in [-0.15, -0.1) is 0 Å². The van der Waals surface area contributed by atoms with Crippen LogP contribution in [0.25, 0.3) is 10.9 Å². The fourth-order valence-electron chi connectivity index (χ4n) is 2.51. The van der Waals surface area contributed by atoms with Gasteiger partial charge in [0.1, 0.15) is 16.5 Å². The third-order valence-corrected chi connectivity index (χ3v) is 4.91. The molecule has 0 fully saturated rings. The van der Waals surface area contributed by atoms with Crippen molar-refractivity contribution in [2.75, 3.05) is 5.32 Å². The van der Waals surface area contributed by atoms with E-state index in [4.69, 9.17) is 0 Å². The summed E-state index contributed by atoms with van der Waals surface area (Å²) in [6, 6.07) is 4.13. The minimum atomic E-state index is -9.73. The van der Waals surface area contributed by atoms with Gasteiger partial charge in [0.05, 0.1) is 16.9 Å². The van der Waals surface area contributed by atoms with Crippen LogP contribution < -0.4 is 5.32 Å². The minimum absolute atomic E-state index is 0.0593. The molecule has 1 atom stereocenters. The van der Waals surface area contributed by atoms with Gasteiger partial charge in [0.2, 0.25) is 0 Å². The number of anilines is 1. The van der Waals surface area contributed by atoms with Crippen LogP contribution in [0.15, 0.2) is 47.6 Å². The Bertz CT molecular complexity index is 992. The van der Waals surface area contributed by atoms with E-state index in [1.165, 1.54) is 12.3 Å². The summed E-state index contributed by atoms with van der Waals surface area (Å²) in [5.74, 6) is 0.824. The highest BCUT2D eigenvalue weighted by Gasteiger charge is 2.65. The molecule has 0 amide bonds. The van der Waals surface area contributed by atoms with Crippen LogP contribution in [0.5, 0.6) is 0 Å². The van der Waals surface area contributed by atoms with Gasteiger partial charge in [-0.25, -0.2) is 9.97 Å². The molecule has 26 heavy (non-hydrogen) atoms. The van der Waals surface area contributed by atoms with E-state index in [0.717, 1.165) is 6.07 Å². The van der Waals surface area contributed by atoms with E-state index in [1.807, 2.05) is 0 Å². The van der Waals surface area contributed by atoms with Crippen LogP contribution in [-0.4, -0.2) is 15.0 Å². The second-order valence-corrected chi connectivity index (χ2v) is 8.33. The number of pyridine rings is 1. The van der Waals surface area contributed by atoms with E-state index in [1.54, 1.807) is 26.1 Å². The molecule has 140 valence electrons. The first-order valence-electron chi connectivity index (χ1n) is 7.52. The van der Waals surface area contributed by atoms with Gasteiger partial charge < -0.3 is 5.32 Å². The highest BCUT2D eigenvalue weighted by molar-refractivity contribution is 8.45. The first kappa shape index (κ1) is 18.3. The quantitative estimate of drug-likeness (QED) is 0.542. The Morgan fingerprint density at radius 1 is 1.04 bits per heavy atom. The lowest BCUT2D eigenvalue weighted by atomic mass is 10.1. The standard InChI is InChI=1S/C16H15F5N4S/c1-10(12-4-3-5-13(8-12)26(17,18,19,20)21)23-16-14-9-22-7-6-15(14)24-11(2)25-16/h3-10H,1-2H3,(H,23,24,25)/t10-/m1/s1. The molecule has 1 aromatic carbocycles. The Kier molecular flexibility index (Phi) is 3.70. The maximum atomic E-state index is 13.0. The number of aryl methyl sites for hydroxylation is 1. The van der Waals surface area contributed by atoms with Crippen LogP contribution in [0.1, 0.15) is 24.4 Å². The minimum Gasteiger partial charge on any atom is -0.363 e. The van der Waals surface area contributed by atoms with Gasteiger partial charge in [0.25, 0.3) is 0 Å². The van der Waals surface area contributed by atoms with Crippen LogP contribution in [0.2, 0.25) is 0 Å². The maximum Gasteiger partial charge on any atom is 0.310 e. The van der Waals surface area contributed by atoms with Gasteiger partial charge in [0, 0.05) is 12.4 Å². The molecule has 2 heterocycles. The molecule has 0 spiro atoms. The highest BCUT2D eigenvalue weighted by atomic mass is 32.5. The Morgan fingerprint density at radius 3 is 2.46 bits per heavy atom. The van der Waals surface area contributed by atoms with Crippen molar-refractivity contribution in [3.8, 4) is 0 Å². The average Bonchev–Trinajstić information content (AvgIpc) is 2.52. The van der Waals surface area contributed by atoms with Crippen molar-refractivity contribution >= 4 is 26.9 Å². The highest BCUT2D eigenvalue weighted by Crippen LogP contribution is 3.02. The van der Waals surface area contributed by atoms with Crippen molar-refractivity contribution in [2.45, 2.75) is 24.8 Å². The maximum absolute atomic E-state index is 13.0. The summed E-state index contributed by atoms with van der Waals surface area (Å²) in [7, 11) is -9.73. The number of nitrogens with zero attached hydrogens (tertiary/aromatic N) is 3. The molecule has 0 aliphatic heterocycles. The van der Waals surface area contributed by atoms with E-state index in [0.29, 0.717) is 34.7 Å². The SMILES string of the molecule is Cc1nc(N[C@H](C)c2cccc(S(F)(F)(F)(F)F)c2)c2cnccc2n1. The number of hydrogen-bond donors (Lipinski definition) is 1. The molecule has 0 unspecified atom stereocenters. The van der Waals surface area contributed by atoms with Crippen LogP contribution in [0.4, 0.5) is 25.2 Å². The second kappa shape index (κ2) is 5.26. The fraction of sp³-hybridized carbons (Fsp3) is 0.188. The molecule has 0 saturated carbocycles. The zero-order valence-electron chi connectivity index (χ0n) is 13.8. The Hall–Kier alpha value is -2.49. The molecule has 0 aliphatic carbocycles. The Labute approximate surface area is 146 Å². The summed E-state index contributed by atoms with van der Waals surface area (Å²) in [5, 5.41) is 3.53. The first-order chi connectivity index (χ1) is 11.8. The van der Waals surface area contributed by atoms with Crippen LogP contribution in [0, 0.1) is 6.92 Å². The number of aromatic nitrogens is 3. The number of hydrogen-bond acceptors (Lipinski definition) is 4. The largest absolute Gasteiger partial charge is 0.363 e. The molecule has 0 aliphatic rings. The Balaban J connectivity index is 1.99. The van der Waals surface area contributed by atoms with Crippen molar-refractivity contribution in [1.82, 2.24) is 15.0 Å². The normalized spacial score (nSPS) is 16.0. The fourth-order valence-corrected chi connectivity index (χ4v) is 3.21. The number of halogens is 5. The lowest BCUT2D eigenvalue weighted by Crippen LogP contribution is -2.12. The Morgan fingerprint density at radius 2 is 1.77 bits per heavy atom. The molecule has 4 nitrogen and oxygen atoms in total. The predicted molar refractivity (Wildman–Crippen MR) is 91.9 cm³/mol.